The van der Waals surface area contributed by atoms with Gasteiger partial charge in [0.25, 0.3) is 0 Å². The van der Waals surface area contributed by atoms with Crippen molar-refractivity contribution in [3.63, 3.8) is 0 Å². The molecule has 1 heterocycles. The van der Waals surface area contributed by atoms with Gasteiger partial charge in [0.05, 0.1) is 0 Å². The normalized spacial score (nSPS) is 20.4. The average molecular weight is 190 g/mol. The first-order chi connectivity index (χ1) is 6.77. The molecule has 1 N–H and O–H groups in total. The molecule has 2 heteroatoms. The molecule has 0 aliphatic heterocycles. The van der Waals surface area contributed by atoms with Crippen LogP contribution in [0.3, 0.4) is 0 Å². The molecule has 1 unspecified atom stereocenters. The Hall–Kier alpha value is -0.890. The third-order valence-corrected chi connectivity index (χ3v) is 3.05. The number of nitrogens with zero attached hydrogens (tertiary/aromatic N) is 1. The molecule has 1 fully saturated rings. The van der Waals surface area contributed by atoms with E-state index >= 15 is 0 Å². The average Bonchev–Trinajstić information content (AvgIpc) is 3.02. The second kappa shape index (κ2) is 4.09. The second-order valence-electron chi connectivity index (χ2n) is 4.30. The summed E-state index contributed by atoms with van der Waals surface area (Å²) in [6.07, 6.45) is 6.51. The Bertz CT molecular complexity index is 280. The molecule has 14 heavy (non-hydrogen) atoms. The summed E-state index contributed by atoms with van der Waals surface area (Å²) in [4.78, 5) is 4.03. The summed E-state index contributed by atoms with van der Waals surface area (Å²) in [5.74, 6) is 0.916. The molecule has 2 rings (SSSR count). The molecule has 1 aliphatic carbocycles. The molecule has 2 nitrogen and oxygen atoms in total. The van der Waals surface area contributed by atoms with Gasteiger partial charge >= 0.3 is 0 Å². The van der Waals surface area contributed by atoms with Gasteiger partial charge in [-0.2, -0.15) is 0 Å². The van der Waals surface area contributed by atoms with Crippen molar-refractivity contribution < 1.29 is 0 Å². The van der Waals surface area contributed by atoms with Crippen molar-refractivity contribution in [3.8, 4) is 0 Å². The van der Waals surface area contributed by atoms with Gasteiger partial charge < -0.3 is 5.32 Å². The van der Waals surface area contributed by atoms with Gasteiger partial charge in [-0.1, -0.05) is 0 Å². The zero-order valence-electron chi connectivity index (χ0n) is 8.90. The highest BCUT2D eigenvalue weighted by Gasteiger charge is 2.28. The summed E-state index contributed by atoms with van der Waals surface area (Å²) in [5.41, 5.74) is 1.33. The lowest BCUT2D eigenvalue weighted by molar-refractivity contribution is 0.441. The Balaban J connectivity index is 1.91. The molecule has 0 amide bonds. The van der Waals surface area contributed by atoms with Crippen molar-refractivity contribution in [1.82, 2.24) is 10.3 Å². The molecule has 1 aromatic heterocycles. The van der Waals surface area contributed by atoms with Crippen LogP contribution in [0.1, 0.15) is 38.3 Å². The zero-order chi connectivity index (χ0) is 9.97. The van der Waals surface area contributed by atoms with E-state index < -0.39 is 0 Å². The number of pyridine rings is 1. The van der Waals surface area contributed by atoms with Gasteiger partial charge in [-0.05, 0) is 50.3 Å². The molecule has 0 bridgehead atoms. The molecule has 0 radical (unpaired) electrons. The Labute approximate surface area is 85.7 Å². The van der Waals surface area contributed by atoms with Gasteiger partial charge in [-0.25, -0.2) is 0 Å². The lowest BCUT2D eigenvalue weighted by atomic mass is 10.1. The van der Waals surface area contributed by atoms with Gasteiger partial charge in [0.1, 0.15) is 0 Å². The Kier molecular flexibility index (Phi) is 2.82. The van der Waals surface area contributed by atoms with Crippen LogP contribution in [0.2, 0.25) is 0 Å². The highest BCUT2D eigenvalue weighted by Crippen LogP contribution is 2.33. The van der Waals surface area contributed by atoms with Crippen LogP contribution in [0.4, 0.5) is 0 Å². The first-order valence-electron chi connectivity index (χ1n) is 5.43. The van der Waals surface area contributed by atoms with Gasteiger partial charge in [0.2, 0.25) is 0 Å². The predicted molar refractivity (Wildman–Crippen MR) is 58.0 cm³/mol. The summed E-state index contributed by atoms with van der Waals surface area (Å²) < 4.78 is 0. The predicted octanol–water partition coefficient (Wildman–Crippen LogP) is 2.53. The molecule has 1 saturated carbocycles. The largest absolute Gasteiger partial charge is 0.307 e. The SMILES string of the molecule is CC(N[C@H](C)c1ccncc1)C1CC1. The fourth-order valence-electron chi connectivity index (χ4n) is 1.87. The van der Waals surface area contributed by atoms with Gasteiger partial charge in [0, 0.05) is 24.5 Å². The van der Waals surface area contributed by atoms with E-state index in [1.54, 1.807) is 0 Å². The smallest absolute Gasteiger partial charge is 0.0295 e. The Morgan fingerprint density at radius 1 is 1.29 bits per heavy atom. The maximum Gasteiger partial charge on any atom is 0.0295 e. The molecule has 0 aromatic carbocycles. The number of hydrogen-bond donors (Lipinski definition) is 1. The molecule has 1 aromatic rings. The molecule has 0 saturated heterocycles. The maximum atomic E-state index is 4.03. The highest BCUT2D eigenvalue weighted by atomic mass is 15.0. The number of nitrogens with one attached hydrogen (secondary N) is 1. The van der Waals surface area contributed by atoms with Crippen LogP contribution in [-0.2, 0) is 0 Å². The summed E-state index contributed by atoms with van der Waals surface area (Å²) >= 11 is 0. The van der Waals surface area contributed by atoms with E-state index in [4.69, 9.17) is 0 Å². The van der Waals surface area contributed by atoms with Gasteiger partial charge in [0.15, 0.2) is 0 Å². The fourth-order valence-corrected chi connectivity index (χ4v) is 1.87. The first-order valence-corrected chi connectivity index (χ1v) is 5.43. The molecule has 76 valence electrons. The van der Waals surface area contributed by atoms with Crippen molar-refractivity contribution in [2.24, 2.45) is 5.92 Å². The molecule has 0 spiro atoms. The van der Waals surface area contributed by atoms with E-state index in [-0.39, 0.29) is 0 Å². The third kappa shape index (κ3) is 2.32. The molecule has 1 aliphatic rings. The summed E-state index contributed by atoms with van der Waals surface area (Å²) in [5, 5.41) is 3.63. The zero-order valence-corrected chi connectivity index (χ0v) is 8.90. The van der Waals surface area contributed by atoms with Crippen LogP contribution in [0, 0.1) is 5.92 Å². The Morgan fingerprint density at radius 3 is 2.50 bits per heavy atom. The van der Waals surface area contributed by atoms with Crippen LogP contribution in [0.25, 0.3) is 0 Å². The second-order valence-corrected chi connectivity index (χ2v) is 4.30. The minimum absolute atomic E-state index is 0.439. The maximum absolute atomic E-state index is 4.03. The standard InChI is InChI=1S/C12H18N2/c1-9(11-3-4-11)14-10(2)12-5-7-13-8-6-12/h5-11,14H,3-4H2,1-2H3/t9?,10-/m1/s1. The van der Waals surface area contributed by atoms with Crippen molar-refractivity contribution in [1.29, 1.82) is 0 Å². The van der Waals surface area contributed by atoms with Crippen LogP contribution in [-0.4, -0.2) is 11.0 Å². The van der Waals surface area contributed by atoms with Crippen LogP contribution in [0.5, 0.6) is 0 Å². The number of rotatable bonds is 4. The van der Waals surface area contributed by atoms with Crippen LogP contribution >= 0.6 is 0 Å². The van der Waals surface area contributed by atoms with E-state index in [0.29, 0.717) is 12.1 Å². The fraction of sp³-hybridized carbons (Fsp3) is 0.583. The minimum atomic E-state index is 0.439. The summed E-state index contributed by atoms with van der Waals surface area (Å²) in [7, 11) is 0. The monoisotopic (exact) mass is 190 g/mol. The van der Waals surface area contributed by atoms with Crippen molar-refractivity contribution in [2.75, 3.05) is 0 Å². The molecular formula is C12H18N2. The van der Waals surface area contributed by atoms with Gasteiger partial charge in [-0.3, -0.25) is 4.98 Å². The lowest BCUT2D eigenvalue weighted by Crippen LogP contribution is -2.30. The van der Waals surface area contributed by atoms with Crippen LogP contribution in [0.15, 0.2) is 24.5 Å². The lowest BCUT2D eigenvalue weighted by Gasteiger charge is -2.19. The third-order valence-electron chi connectivity index (χ3n) is 3.05. The van der Waals surface area contributed by atoms with Crippen LogP contribution < -0.4 is 5.32 Å². The minimum Gasteiger partial charge on any atom is -0.307 e. The highest BCUT2D eigenvalue weighted by molar-refractivity contribution is 5.14. The van der Waals surface area contributed by atoms with Crippen molar-refractivity contribution >= 4 is 0 Å². The summed E-state index contributed by atoms with van der Waals surface area (Å²) in [6.45, 7) is 4.50. The van der Waals surface area contributed by atoms with Crippen molar-refractivity contribution in [2.45, 2.75) is 38.8 Å². The number of aromatic nitrogens is 1. The molecular weight excluding hydrogens is 172 g/mol. The van der Waals surface area contributed by atoms with Gasteiger partial charge in [-0.15, -0.1) is 0 Å². The van der Waals surface area contributed by atoms with Crippen molar-refractivity contribution in [3.05, 3.63) is 30.1 Å². The summed E-state index contributed by atoms with van der Waals surface area (Å²) in [6, 6.07) is 5.25. The van der Waals surface area contributed by atoms with E-state index in [9.17, 15) is 0 Å². The quantitative estimate of drug-likeness (QED) is 0.789. The van der Waals surface area contributed by atoms with E-state index in [2.05, 4.69) is 36.3 Å². The van der Waals surface area contributed by atoms with E-state index in [1.807, 2.05) is 12.4 Å². The first kappa shape index (κ1) is 9.66. The van der Waals surface area contributed by atoms with E-state index in [1.165, 1.54) is 18.4 Å². The Morgan fingerprint density at radius 2 is 1.93 bits per heavy atom. The number of hydrogen-bond acceptors (Lipinski definition) is 2. The molecule has 2 atom stereocenters. The van der Waals surface area contributed by atoms with E-state index in [0.717, 1.165) is 5.92 Å². The topological polar surface area (TPSA) is 24.9 Å².